The molecule has 0 aliphatic carbocycles. The Hall–Kier alpha value is -2.32. The quantitative estimate of drug-likeness (QED) is 0.893. The number of rotatable bonds is 5. The molecule has 126 valence electrons. The molecule has 1 N–H and O–H groups in total. The van der Waals surface area contributed by atoms with Crippen LogP contribution in [0, 0.1) is 5.92 Å². The van der Waals surface area contributed by atoms with Gasteiger partial charge in [0.2, 0.25) is 16.9 Å². The van der Waals surface area contributed by atoms with Crippen LogP contribution in [0.3, 0.4) is 0 Å². The number of likely N-dealkylation sites (tertiary alicyclic amines) is 1. The fraction of sp³-hybridized carbons (Fsp3) is 0.375. The number of nitrogens with zero attached hydrogens (tertiary/aromatic N) is 3. The summed E-state index contributed by atoms with van der Waals surface area (Å²) in [6.45, 7) is 0.352. The Balaban J connectivity index is 1.78. The van der Waals surface area contributed by atoms with Gasteiger partial charge in [0.05, 0.1) is 12.0 Å². The van der Waals surface area contributed by atoms with Gasteiger partial charge in [-0.3, -0.25) is 9.59 Å². The van der Waals surface area contributed by atoms with Gasteiger partial charge in [0, 0.05) is 20.6 Å². The first-order valence-corrected chi connectivity index (χ1v) is 8.34. The zero-order chi connectivity index (χ0) is 17.1. The molecule has 0 radical (unpaired) electrons. The van der Waals surface area contributed by atoms with E-state index in [0.717, 1.165) is 5.56 Å². The molecule has 0 spiro atoms. The molecule has 2 atom stereocenters. The lowest BCUT2D eigenvalue weighted by Gasteiger charge is -2.24. The number of nitrogens with one attached hydrogen (secondary N) is 1. The number of carbonyl (C=O) groups is 2. The molecule has 8 heteroatoms. The van der Waals surface area contributed by atoms with Gasteiger partial charge >= 0.3 is 0 Å². The van der Waals surface area contributed by atoms with E-state index in [1.54, 1.807) is 19.1 Å². The van der Waals surface area contributed by atoms with Crippen molar-refractivity contribution in [2.24, 2.45) is 5.92 Å². The Kier molecular flexibility index (Phi) is 4.86. The minimum Gasteiger partial charge on any atom is -0.377 e. The van der Waals surface area contributed by atoms with Crippen molar-refractivity contribution in [2.75, 3.05) is 19.5 Å². The monoisotopic (exact) mass is 346 g/mol. The Morgan fingerprint density at radius 3 is 2.83 bits per heavy atom. The Labute approximate surface area is 143 Å². The number of ether oxygens (including phenoxy) is 1. The largest absolute Gasteiger partial charge is 0.377 e. The zero-order valence-corrected chi connectivity index (χ0v) is 14.2. The Morgan fingerprint density at radius 1 is 1.38 bits per heavy atom. The maximum absolute atomic E-state index is 12.7. The topological polar surface area (TPSA) is 84.4 Å². The molecule has 2 amide bonds. The molecule has 3 rings (SSSR count). The van der Waals surface area contributed by atoms with Gasteiger partial charge in [0.15, 0.2) is 0 Å². The average molecular weight is 346 g/mol. The third-order valence-electron chi connectivity index (χ3n) is 4.03. The van der Waals surface area contributed by atoms with Gasteiger partial charge < -0.3 is 15.0 Å². The van der Waals surface area contributed by atoms with Crippen molar-refractivity contribution in [1.82, 2.24) is 15.1 Å². The van der Waals surface area contributed by atoms with E-state index in [9.17, 15) is 9.59 Å². The van der Waals surface area contributed by atoms with Crippen molar-refractivity contribution in [3.05, 3.63) is 40.9 Å². The smallest absolute Gasteiger partial charge is 0.232 e. The normalized spacial score (nSPS) is 20.4. The highest BCUT2D eigenvalue weighted by Crippen LogP contribution is 2.37. The van der Waals surface area contributed by atoms with Crippen molar-refractivity contribution in [3.8, 4) is 0 Å². The molecule has 7 nitrogen and oxygen atoms in total. The van der Waals surface area contributed by atoms with Gasteiger partial charge in [0.1, 0.15) is 11.6 Å². The molecule has 2 unspecified atom stereocenters. The van der Waals surface area contributed by atoms with E-state index in [4.69, 9.17) is 4.74 Å². The first-order valence-electron chi connectivity index (χ1n) is 7.53. The Bertz CT molecular complexity index is 734. The molecule has 0 saturated carbocycles. The summed E-state index contributed by atoms with van der Waals surface area (Å²) in [5.74, 6) is -0.720. The van der Waals surface area contributed by atoms with Crippen LogP contribution < -0.4 is 5.32 Å². The summed E-state index contributed by atoms with van der Waals surface area (Å²) in [5, 5.41) is 11.8. The Morgan fingerprint density at radius 2 is 2.12 bits per heavy atom. The molecule has 1 aliphatic heterocycles. The van der Waals surface area contributed by atoms with Gasteiger partial charge in [-0.05, 0) is 5.56 Å². The van der Waals surface area contributed by atoms with Crippen LogP contribution in [-0.4, -0.2) is 41.1 Å². The van der Waals surface area contributed by atoms with Crippen molar-refractivity contribution in [3.63, 3.8) is 0 Å². The maximum atomic E-state index is 12.7. The summed E-state index contributed by atoms with van der Waals surface area (Å²) in [6.07, 6.45) is 0.186. The lowest BCUT2D eigenvalue weighted by atomic mass is 9.93. The molecule has 1 saturated heterocycles. The first kappa shape index (κ1) is 16.5. The predicted molar refractivity (Wildman–Crippen MR) is 89.3 cm³/mol. The van der Waals surface area contributed by atoms with Gasteiger partial charge in [-0.15, -0.1) is 10.2 Å². The molecule has 2 heterocycles. The number of hydrogen-bond acceptors (Lipinski definition) is 6. The molecule has 1 fully saturated rings. The molecule has 1 aromatic carbocycles. The second-order valence-electron chi connectivity index (χ2n) is 5.59. The fourth-order valence-electron chi connectivity index (χ4n) is 2.90. The van der Waals surface area contributed by atoms with Crippen LogP contribution in [0.15, 0.2) is 30.3 Å². The number of anilines is 1. The SMILES string of the molecule is COCc1nnc(NC(=O)C2CC(=O)N(C)C2c2ccccc2)s1. The van der Waals surface area contributed by atoms with Crippen LogP contribution in [-0.2, 0) is 20.9 Å². The highest BCUT2D eigenvalue weighted by molar-refractivity contribution is 7.15. The minimum atomic E-state index is -0.459. The predicted octanol–water partition coefficient (Wildman–Crippen LogP) is 1.84. The molecular formula is C16H18N4O3S. The van der Waals surface area contributed by atoms with Crippen molar-refractivity contribution < 1.29 is 14.3 Å². The van der Waals surface area contributed by atoms with Crippen LogP contribution in [0.25, 0.3) is 0 Å². The van der Waals surface area contributed by atoms with E-state index in [-0.39, 0.29) is 24.3 Å². The lowest BCUT2D eigenvalue weighted by molar-refractivity contribution is -0.127. The number of methoxy groups -OCH3 is 1. The zero-order valence-electron chi connectivity index (χ0n) is 13.4. The first-order chi connectivity index (χ1) is 11.6. The summed E-state index contributed by atoms with van der Waals surface area (Å²) < 4.78 is 4.99. The summed E-state index contributed by atoms with van der Waals surface area (Å²) in [6, 6.07) is 9.31. The molecule has 1 aliphatic rings. The van der Waals surface area contributed by atoms with Crippen LogP contribution >= 0.6 is 11.3 Å². The van der Waals surface area contributed by atoms with Crippen molar-refractivity contribution in [2.45, 2.75) is 19.1 Å². The molecular weight excluding hydrogens is 328 g/mol. The van der Waals surface area contributed by atoms with E-state index >= 15 is 0 Å². The summed E-state index contributed by atoms with van der Waals surface area (Å²) in [4.78, 5) is 26.4. The molecule has 0 bridgehead atoms. The molecule has 2 aromatic rings. The number of aromatic nitrogens is 2. The fourth-order valence-corrected chi connectivity index (χ4v) is 3.61. The van der Waals surface area contributed by atoms with Crippen molar-refractivity contribution >= 4 is 28.3 Å². The van der Waals surface area contributed by atoms with Gasteiger partial charge in [0.25, 0.3) is 0 Å². The molecule has 24 heavy (non-hydrogen) atoms. The summed E-state index contributed by atoms with van der Waals surface area (Å²) in [7, 11) is 3.30. The standard InChI is InChI=1S/C16H18N4O3S/c1-20-13(21)8-11(14(20)10-6-4-3-5-7-10)15(22)17-16-19-18-12(24-16)9-23-2/h3-7,11,14H,8-9H2,1-2H3,(H,17,19,22). The van der Waals surface area contributed by atoms with E-state index in [1.165, 1.54) is 11.3 Å². The van der Waals surface area contributed by atoms with E-state index in [0.29, 0.717) is 16.7 Å². The highest BCUT2D eigenvalue weighted by atomic mass is 32.1. The highest BCUT2D eigenvalue weighted by Gasteiger charge is 2.42. The van der Waals surface area contributed by atoms with Crippen LogP contribution in [0.1, 0.15) is 23.0 Å². The second-order valence-corrected chi connectivity index (χ2v) is 6.66. The van der Waals surface area contributed by atoms with E-state index in [1.807, 2.05) is 30.3 Å². The minimum absolute atomic E-state index is 0.0404. The van der Waals surface area contributed by atoms with Gasteiger partial charge in [-0.1, -0.05) is 41.7 Å². The van der Waals surface area contributed by atoms with Crippen LogP contribution in [0.4, 0.5) is 5.13 Å². The van der Waals surface area contributed by atoms with E-state index in [2.05, 4.69) is 15.5 Å². The van der Waals surface area contributed by atoms with Gasteiger partial charge in [-0.2, -0.15) is 0 Å². The lowest BCUT2D eigenvalue weighted by Crippen LogP contribution is -2.29. The number of hydrogen-bond donors (Lipinski definition) is 1. The van der Waals surface area contributed by atoms with Crippen LogP contribution in [0.2, 0.25) is 0 Å². The van der Waals surface area contributed by atoms with Crippen molar-refractivity contribution in [1.29, 1.82) is 0 Å². The third-order valence-corrected chi connectivity index (χ3v) is 4.84. The number of benzene rings is 1. The van der Waals surface area contributed by atoms with E-state index < -0.39 is 5.92 Å². The maximum Gasteiger partial charge on any atom is 0.232 e. The summed E-state index contributed by atoms with van der Waals surface area (Å²) in [5.41, 5.74) is 0.948. The third kappa shape index (κ3) is 3.29. The molecule has 1 aromatic heterocycles. The summed E-state index contributed by atoms with van der Waals surface area (Å²) >= 11 is 1.27. The number of carbonyl (C=O) groups excluding carboxylic acids is 2. The number of amides is 2. The average Bonchev–Trinajstić information content (AvgIpc) is 3.14. The van der Waals surface area contributed by atoms with Crippen LogP contribution in [0.5, 0.6) is 0 Å². The van der Waals surface area contributed by atoms with Gasteiger partial charge in [-0.25, -0.2) is 0 Å². The second kappa shape index (κ2) is 7.06.